The minimum absolute atomic E-state index is 0. The van der Waals surface area contributed by atoms with Gasteiger partial charge in [-0.3, -0.25) is 8.98 Å². The molecule has 4 aliphatic carbocycles. The summed E-state index contributed by atoms with van der Waals surface area (Å²) < 4.78 is 102. The van der Waals surface area contributed by atoms with E-state index in [2.05, 4.69) is 19.9 Å². The number of carbonyl (C=O) groups excluding carboxylic acids is 1. The van der Waals surface area contributed by atoms with E-state index in [1.54, 1.807) is 6.92 Å². The Bertz CT molecular complexity index is 2410. The first kappa shape index (κ1) is 70.3. The van der Waals surface area contributed by atoms with E-state index < -0.39 is 199 Å². The summed E-state index contributed by atoms with van der Waals surface area (Å²) >= 11 is 0. The van der Waals surface area contributed by atoms with E-state index in [-0.39, 0.29) is 78.3 Å². The summed E-state index contributed by atoms with van der Waals surface area (Å²) in [5.41, 5.74) is -1.27. The molecule has 0 aromatic heterocycles. The van der Waals surface area contributed by atoms with Gasteiger partial charge in [0, 0.05) is 12.8 Å². The van der Waals surface area contributed by atoms with E-state index in [0.717, 1.165) is 12.0 Å². The molecule has 29 heteroatoms. The number of hydrogen-bond donors (Lipinski definition) is 12. The molecule has 0 spiro atoms. The van der Waals surface area contributed by atoms with Crippen LogP contribution in [0.4, 0.5) is 0 Å². The van der Waals surface area contributed by atoms with Gasteiger partial charge in [0.15, 0.2) is 31.5 Å². The van der Waals surface area contributed by atoms with E-state index in [9.17, 15) is 79.0 Å². The van der Waals surface area contributed by atoms with Crippen LogP contribution in [-0.4, -0.2) is 252 Å². The topological polar surface area (TPSA) is 419 Å². The minimum Gasteiger partial charge on any atom is -0.726 e. The number of carbonyl (C=O) groups is 1. The average Bonchev–Trinajstić information content (AvgIpc) is 1.74. The summed E-state index contributed by atoms with van der Waals surface area (Å²) in [5, 5.41) is 135. The first-order valence-corrected chi connectivity index (χ1v) is 31.1. The van der Waals surface area contributed by atoms with E-state index in [1.807, 2.05) is 13.8 Å². The van der Waals surface area contributed by atoms with E-state index in [0.29, 0.717) is 32.1 Å². The molecule has 0 radical (unpaired) electrons. The van der Waals surface area contributed by atoms with Crippen molar-refractivity contribution >= 4 is 16.2 Å². The molecular formula is C56H91NaO27S. The summed E-state index contributed by atoms with van der Waals surface area (Å²) in [6.07, 6.45) is -35.6. The standard InChI is InChI=1S/C56H92O27S.Na/c1-21(2)16-26(57)19-56(9,69)34-11-10-29-28-18-32(31-17-27(83-84(70,71)72)12-14-54(31,7)30(28)13-15-55(29,34)8)78-51-45(68)46(38(61)25(6)76-51)80-52-47(81-49-43(66)40(63)35(58)22(3)74-49)39(62)33(20-73-52)79-53-48(42(65)37(60)24(5)77-53)82-50-44(67)41(64)36(59)23(4)75-50;/h13,21-25,27-29,31-53,58-69H,10-12,14-20H2,1-9H3,(H,70,71,72);/q;+1/p-1/t22-,23-,24-,25-,27+,28+,29+,31-,32+,33-,34+,35-,36+,37-,38-,39+,40+,41+,42+,43-,44-,45-,46+,47-,48-,49+,50+,51+,52+,53+,54-,55+,56?;/m1./s1. The number of ether oxygens (including phenoxy) is 10. The Hall–Kier alpha value is -0.600. The molecule has 27 nitrogen and oxygen atoms in total. The summed E-state index contributed by atoms with van der Waals surface area (Å²) in [5.74, 6) is -0.803. The quantitative estimate of drug-likeness (QED) is 0.0281. The molecule has 9 rings (SSSR count). The number of ketones is 1. The van der Waals surface area contributed by atoms with Crippen LogP contribution in [0.2, 0.25) is 0 Å². The summed E-state index contributed by atoms with van der Waals surface area (Å²) in [6, 6.07) is 0. The Labute approximate surface area is 517 Å². The normalized spacial score (nSPS) is 51.1. The maximum absolute atomic E-state index is 13.2. The van der Waals surface area contributed by atoms with Gasteiger partial charge in [-0.05, 0) is 120 Å². The Morgan fingerprint density at radius 2 is 1.14 bits per heavy atom. The van der Waals surface area contributed by atoms with E-state index in [4.69, 9.17) is 51.6 Å². The number of fused-ring (bicyclic) bond motifs is 5. The van der Waals surface area contributed by atoms with Crippen molar-refractivity contribution in [1.29, 1.82) is 0 Å². The molecule has 1 unspecified atom stereocenters. The molecular weight excluding hydrogens is 1160 g/mol. The fraction of sp³-hybridized carbons (Fsp3) is 0.946. The SMILES string of the molecule is CC(C)CC(=O)CC(C)(O)[C@H]1CC[C@H]2[C@@H]3C[C@H](O[C@@H]4O[C@H](C)[C@@H](O)[C@H](O[C@@H]5OC[C@@H](O[C@@H]6O[C@H](C)[C@@H](O)[C@H](O)[C@H]6O[C@@H]6O[C@H](C)[C@H](O)[C@H](O)[C@H]6O)[C@H](O)[C@H]5O[C@@H]5O[C@H](C)[C@@H](O)[C@H](O)[C@H]5O)[C@H]4O)[C@H]4C[C@@H](OS(=O)(=O)[O-])CC[C@]4(C)C3=CC[C@]12C.[Na+]. The Balaban J connectivity index is 0.00000940. The molecule has 5 saturated heterocycles. The van der Waals surface area contributed by atoms with Crippen LogP contribution < -0.4 is 29.6 Å². The second kappa shape index (κ2) is 27.2. The van der Waals surface area contributed by atoms with Crippen molar-refractivity contribution in [1.82, 2.24) is 0 Å². The predicted molar refractivity (Wildman–Crippen MR) is 282 cm³/mol. The third-order valence-corrected chi connectivity index (χ3v) is 20.8. The van der Waals surface area contributed by atoms with Crippen LogP contribution >= 0.6 is 0 Å². The maximum atomic E-state index is 13.2. The van der Waals surface area contributed by atoms with E-state index >= 15 is 0 Å². The molecule has 8 fully saturated rings. The molecule has 0 amide bonds. The number of aliphatic hydroxyl groups excluding tert-OH is 11. The van der Waals surface area contributed by atoms with Gasteiger partial charge in [-0.15, -0.1) is 0 Å². The van der Waals surface area contributed by atoms with Gasteiger partial charge >= 0.3 is 29.6 Å². The van der Waals surface area contributed by atoms with Crippen LogP contribution in [0.15, 0.2) is 11.6 Å². The van der Waals surface area contributed by atoms with Crippen LogP contribution in [0.25, 0.3) is 0 Å². The largest absolute Gasteiger partial charge is 1.00 e. The third-order valence-electron chi connectivity index (χ3n) is 20.3. The van der Waals surface area contributed by atoms with Gasteiger partial charge in [0.2, 0.25) is 10.4 Å². The summed E-state index contributed by atoms with van der Waals surface area (Å²) in [4.78, 5) is 13.2. The number of Topliss-reactive ketones (excluding diaryl/α,β-unsaturated/α-hetero) is 1. The van der Waals surface area contributed by atoms with Crippen LogP contribution in [0, 0.1) is 40.4 Å². The molecule has 5 aliphatic heterocycles. The second-order valence-corrected chi connectivity index (χ2v) is 27.6. The minimum atomic E-state index is -5.12. The summed E-state index contributed by atoms with van der Waals surface area (Å²) in [7, 11) is -5.12. The Kier molecular flexibility index (Phi) is 22.5. The van der Waals surface area contributed by atoms with Crippen molar-refractivity contribution in [3.8, 4) is 0 Å². The molecule has 85 heavy (non-hydrogen) atoms. The first-order valence-electron chi connectivity index (χ1n) is 29.7. The zero-order chi connectivity index (χ0) is 61.6. The summed E-state index contributed by atoms with van der Waals surface area (Å²) in [6.45, 7) is 15.0. The molecule has 9 aliphatic rings. The molecule has 33 atom stereocenters. The monoisotopic (exact) mass is 1250 g/mol. The smallest absolute Gasteiger partial charge is 0.726 e. The van der Waals surface area contributed by atoms with Crippen LogP contribution in [0.1, 0.15) is 120 Å². The predicted octanol–water partition coefficient (Wildman–Crippen LogP) is -4.99. The fourth-order valence-electron chi connectivity index (χ4n) is 15.7. The van der Waals surface area contributed by atoms with Crippen molar-refractivity contribution in [3.63, 3.8) is 0 Å². The van der Waals surface area contributed by atoms with Crippen molar-refractivity contribution in [2.75, 3.05) is 6.61 Å². The maximum Gasteiger partial charge on any atom is 1.00 e. The molecule has 0 aromatic carbocycles. The van der Waals surface area contributed by atoms with Gasteiger partial charge in [-0.1, -0.05) is 39.3 Å². The van der Waals surface area contributed by atoms with Gasteiger partial charge in [0.25, 0.3) is 0 Å². The van der Waals surface area contributed by atoms with E-state index in [1.165, 1.54) is 27.7 Å². The molecule has 12 N–H and O–H groups in total. The number of hydrogen-bond acceptors (Lipinski definition) is 27. The van der Waals surface area contributed by atoms with Crippen LogP contribution in [0.3, 0.4) is 0 Å². The van der Waals surface area contributed by atoms with Gasteiger partial charge in [0.1, 0.15) is 97.3 Å². The van der Waals surface area contributed by atoms with Crippen molar-refractivity contribution in [2.45, 2.75) is 285 Å². The Morgan fingerprint density at radius 3 is 1.71 bits per heavy atom. The van der Waals surface area contributed by atoms with Gasteiger partial charge in [-0.25, -0.2) is 8.42 Å². The van der Waals surface area contributed by atoms with Crippen LogP contribution in [0.5, 0.6) is 0 Å². The van der Waals surface area contributed by atoms with Gasteiger partial charge < -0.3 is 113 Å². The number of allylic oxidation sites excluding steroid dienone is 2. The van der Waals surface area contributed by atoms with Crippen LogP contribution in [-0.2, 0) is 66.7 Å². The second-order valence-electron chi connectivity index (χ2n) is 26.6. The van der Waals surface area contributed by atoms with Crippen molar-refractivity contribution in [2.24, 2.45) is 40.4 Å². The molecule has 0 aromatic rings. The fourth-order valence-corrected chi connectivity index (χ4v) is 16.2. The van der Waals surface area contributed by atoms with Crippen molar-refractivity contribution in [3.05, 3.63) is 11.6 Å². The Morgan fingerprint density at radius 1 is 0.635 bits per heavy atom. The third kappa shape index (κ3) is 14.2. The zero-order valence-corrected chi connectivity index (χ0v) is 52.8. The average molecular weight is 1250 g/mol. The van der Waals surface area contributed by atoms with Gasteiger partial charge in [-0.2, -0.15) is 0 Å². The number of rotatable bonds is 17. The first-order chi connectivity index (χ1) is 39.1. The van der Waals surface area contributed by atoms with Crippen molar-refractivity contribution < 1.29 is 160 Å². The molecule has 3 saturated carbocycles. The zero-order valence-electron chi connectivity index (χ0n) is 49.9. The molecule has 5 heterocycles. The van der Waals surface area contributed by atoms with Gasteiger partial charge in [0.05, 0.1) is 48.8 Å². The molecule has 0 bridgehead atoms. The molecule has 484 valence electrons. The number of aliphatic hydroxyl groups is 12.